The second-order valence-electron chi connectivity index (χ2n) is 4.08. The molecule has 0 aliphatic carbocycles. The van der Waals surface area contributed by atoms with Crippen molar-refractivity contribution < 1.29 is 18.0 Å². The highest BCUT2D eigenvalue weighted by Crippen LogP contribution is 2.36. The van der Waals surface area contributed by atoms with Crippen molar-refractivity contribution in [2.75, 3.05) is 5.32 Å². The Balaban J connectivity index is 2.27. The van der Waals surface area contributed by atoms with Crippen LogP contribution < -0.4 is 5.32 Å². The molecule has 0 spiro atoms. The lowest BCUT2D eigenvalue weighted by molar-refractivity contribution is -0.137. The molecule has 0 radical (unpaired) electrons. The lowest BCUT2D eigenvalue weighted by Crippen LogP contribution is -2.13. The Morgan fingerprint density at radius 3 is 2.55 bits per heavy atom. The van der Waals surface area contributed by atoms with E-state index in [9.17, 15) is 18.0 Å². The molecule has 1 heterocycles. The quantitative estimate of drug-likeness (QED) is 0.831. The fourth-order valence-corrected chi connectivity index (χ4v) is 2.66. The average molecular weight is 320 g/mol. The fourth-order valence-electron chi connectivity index (χ4n) is 1.61. The van der Waals surface area contributed by atoms with E-state index in [1.807, 2.05) is 0 Å². The minimum absolute atomic E-state index is 0.0551. The number of benzene rings is 1. The fraction of sp³-hybridized carbons (Fsp3) is 0.154. The van der Waals surface area contributed by atoms with Crippen molar-refractivity contribution in [2.24, 2.45) is 0 Å². The largest absolute Gasteiger partial charge is 0.417 e. The van der Waals surface area contributed by atoms with Crippen LogP contribution in [-0.4, -0.2) is 5.91 Å². The molecule has 2 rings (SSSR count). The molecule has 1 N–H and O–H groups in total. The van der Waals surface area contributed by atoms with Crippen LogP contribution in [0.15, 0.2) is 29.6 Å². The van der Waals surface area contributed by atoms with Crippen LogP contribution in [0.1, 0.15) is 20.8 Å². The van der Waals surface area contributed by atoms with Crippen LogP contribution in [0.25, 0.3) is 0 Å². The molecular weight excluding hydrogens is 311 g/mol. The first kappa shape index (κ1) is 14.9. The van der Waals surface area contributed by atoms with Gasteiger partial charge in [-0.1, -0.05) is 11.6 Å². The first-order valence-corrected chi connectivity index (χ1v) is 6.77. The smallest absolute Gasteiger partial charge is 0.321 e. The minimum Gasteiger partial charge on any atom is -0.321 e. The number of thiophene rings is 1. The molecule has 2 nitrogen and oxygen atoms in total. The maximum Gasteiger partial charge on any atom is 0.417 e. The number of halogens is 4. The van der Waals surface area contributed by atoms with Gasteiger partial charge in [-0.15, -0.1) is 11.3 Å². The number of amides is 1. The molecule has 1 aromatic heterocycles. The number of carbonyl (C=O) groups is 1. The van der Waals surface area contributed by atoms with Crippen LogP contribution >= 0.6 is 22.9 Å². The van der Waals surface area contributed by atoms with E-state index in [1.54, 1.807) is 18.4 Å². The summed E-state index contributed by atoms with van der Waals surface area (Å²) in [4.78, 5) is 12.4. The van der Waals surface area contributed by atoms with E-state index in [-0.39, 0.29) is 5.69 Å². The Morgan fingerprint density at radius 1 is 1.30 bits per heavy atom. The third kappa shape index (κ3) is 3.13. The molecule has 0 saturated carbocycles. The summed E-state index contributed by atoms with van der Waals surface area (Å²) in [5, 5.41) is 3.78. The van der Waals surface area contributed by atoms with Gasteiger partial charge in [-0.05, 0) is 42.1 Å². The molecule has 1 aromatic carbocycles. The maximum atomic E-state index is 12.7. The molecule has 0 unspecified atom stereocenters. The second-order valence-corrected chi connectivity index (χ2v) is 5.40. The Bertz CT molecular complexity index is 651. The number of anilines is 1. The summed E-state index contributed by atoms with van der Waals surface area (Å²) in [6.07, 6.45) is -4.56. The molecule has 0 bridgehead atoms. The first-order valence-electron chi connectivity index (χ1n) is 5.51. The van der Waals surface area contributed by atoms with Gasteiger partial charge in [0.25, 0.3) is 5.91 Å². The van der Waals surface area contributed by atoms with E-state index in [2.05, 4.69) is 5.32 Å². The summed E-state index contributed by atoms with van der Waals surface area (Å²) < 4.78 is 38.1. The molecule has 20 heavy (non-hydrogen) atoms. The van der Waals surface area contributed by atoms with Gasteiger partial charge in [-0.3, -0.25) is 4.79 Å². The van der Waals surface area contributed by atoms with Gasteiger partial charge in [-0.25, -0.2) is 0 Å². The normalized spacial score (nSPS) is 11.4. The highest BCUT2D eigenvalue weighted by Gasteiger charge is 2.33. The van der Waals surface area contributed by atoms with Crippen molar-refractivity contribution in [1.82, 2.24) is 0 Å². The third-order valence-electron chi connectivity index (χ3n) is 2.60. The molecule has 2 aromatic rings. The summed E-state index contributed by atoms with van der Waals surface area (Å²) in [7, 11) is 0. The van der Waals surface area contributed by atoms with E-state index in [1.165, 1.54) is 17.4 Å². The van der Waals surface area contributed by atoms with Crippen molar-refractivity contribution in [3.8, 4) is 0 Å². The Hall–Kier alpha value is -1.53. The molecule has 106 valence electrons. The SMILES string of the molecule is Cc1ccsc1C(=O)Nc1ccc(Cl)c(C(F)(F)F)c1. The maximum absolute atomic E-state index is 12.7. The van der Waals surface area contributed by atoms with Crippen molar-refractivity contribution >= 4 is 34.5 Å². The molecular formula is C13H9ClF3NOS. The van der Waals surface area contributed by atoms with Gasteiger partial charge in [0.15, 0.2) is 0 Å². The number of hydrogen-bond donors (Lipinski definition) is 1. The molecule has 0 aliphatic rings. The zero-order valence-corrected chi connectivity index (χ0v) is 11.8. The highest BCUT2D eigenvalue weighted by atomic mass is 35.5. The van der Waals surface area contributed by atoms with Gasteiger partial charge in [0, 0.05) is 5.69 Å². The van der Waals surface area contributed by atoms with E-state index in [0.29, 0.717) is 4.88 Å². The lowest BCUT2D eigenvalue weighted by atomic mass is 10.2. The lowest BCUT2D eigenvalue weighted by Gasteiger charge is -2.11. The van der Waals surface area contributed by atoms with Crippen molar-refractivity contribution in [3.05, 3.63) is 50.7 Å². The zero-order chi connectivity index (χ0) is 14.9. The van der Waals surface area contributed by atoms with Gasteiger partial charge in [-0.2, -0.15) is 13.2 Å². The number of nitrogens with one attached hydrogen (secondary N) is 1. The van der Waals surface area contributed by atoms with Gasteiger partial charge in [0.2, 0.25) is 0 Å². The van der Waals surface area contributed by atoms with Crippen LogP contribution in [0, 0.1) is 6.92 Å². The number of hydrogen-bond acceptors (Lipinski definition) is 2. The average Bonchev–Trinajstić information content (AvgIpc) is 2.76. The van der Waals surface area contributed by atoms with Gasteiger partial charge in [0.05, 0.1) is 15.5 Å². The topological polar surface area (TPSA) is 29.1 Å². The molecule has 1 amide bonds. The Labute approximate surface area is 122 Å². The van der Waals surface area contributed by atoms with Crippen LogP contribution in [0.3, 0.4) is 0 Å². The Morgan fingerprint density at radius 2 is 2.00 bits per heavy atom. The highest BCUT2D eigenvalue weighted by molar-refractivity contribution is 7.12. The zero-order valence-electron chi connectivity index (χ0n) is 10.2. The standard InChI is InChI=1S/C13H9ClF3NOS/c1-7-4-5-20-11(7)12(19)18-8-2-3-10(14)9(6-8)13(15,16)17/h2-6H,1H3,(H,18,19). The summed E-state index contributed by atoms with van der Waals surface area (Å²) in [6, 6.07) is 5.03. The van der Waals surface area contributed by atoms with Crippen molar-refractivity contribution in [1.29, 1.82) is 0 Å². The van der Waals surface area contributed by atoms with Crippen LogP contribution in [0.4, 0.5) is 18.9 Å². The van der Waals surface area contributed by atoms with Crippen LogP contribution in [-0.2, 0) is 6.18 Å². The number of aryl methyl sites for hydroxylation is 1. The molecule has 0 saturated heterocycles. The first-order chi connectivity index (χ1) is 9.29. The van der Waals surface area contributed by atoms with Crippen molar-refractivity contribution in [2.45, 2.75) is 13.1 Å². The monoisotopic (exact) mass is 319 g/mol. The van der Waals surface area contributed by atoms with Gasteiger partial charge in [0.1, 0.15) is 0 Å². The van der Waals surface area contributed by atoms with Gasteiger partial charge >= 0.3 is 6.18 Å². The third-order valence-corrected chi connectivity index (χ3v) is 3.94. The summed E-state index contributed by atoms with van der Waals surface area (Å²) in [6.45, 7) is 1.76. The van der Waals surface area contributed by atoms with E-state index in [0.717, 1.165) is 17.7 Å². The predicted molar refractivity (Wildman–Crippen MR) is 73.5 cm³/mol. The number of alkyl halides is 3. The Kier molecular flexibility index (Phi) is 4.06. The van der Waals surface area contributed by atoms with Crippen molar-refractivity contribution in [3.63, 3.8) is 0 Å². The number of rotatable bonds is 2. The molecule has 0 atom stereocenters. The van der Waals surface area contributed by atoms with Crippen LogP contribution in [0.5, 0.6) is 0 Å². The molecule has 7 heteroatoms. The van der Waals surface area contributed by atoms with E-state index in [4.69, 9.17) is 11.6 Å². The number of carbonyl (C=O) groups excluding carboxylic acids is 1. The summed E-state index contributed by atoms with van der Waals surface area (Å²) >= 11 is 6.74. The summed E-state index contributed by atoms with van der Waals surface area (Å²) in [5.74, 6) is -0.437. The van der Waals surface area contributed by atoms with E-state index >= 15 is 0 Å². The van der Waals surface area contributed by atoms with E-state index < -0.39 is 22.7 Å². The molecule has 0 aliphatic heterocycles. The van der Waals surface area contributed by atoms with Gasteiger partial charge < -0.3 is 5.32 Å². The predicted octanol–water partition coefficient (Wildman–Crippen LogP) is 4.98. The van der Waals surface area contributed by atoms with Crippen LogP contribution in [0.2, 0.25) is 5.02 Å². The molecule has 0 fully saturated rings. The second kappa shape index (κ2) is 5.46. The summed E-state index contributed by atoms with van der Waals surface area (Å²) in [5.41, 5.74) is -0.142. The minimum atomic E-state index is -4.56.